The Morgan fingerprint density at radius 2 is 2.00 bits per heavy atom. The predicted octanol–water partition coefficient (Wildman–Crippen LogP) is 2.58. The molecule has 3 heteroatoms. The SMILES string of the molecule is Oc1ccc([C@H]2C[C@H](F)CCO2)cc1. The quantitative estimate of drug-likeness (QED) is 0.748. The van der Waals surface area contributed by atoms with Crippen LogP contribution in [0.15, 0.2) is 24.3 Å². The molecule has 0 aliphatic carbocycles. The van der Waals surface area contributed by atoms with Gasteiger partial charge in [-0.3, -0.25) is 0 Å². The zero-order chi connectivity index (χ0) is 9.97. The Bertz CT molecular complexity index is 297. The van der Waals surface area contributed by atoms with Crippen LogP contribution in [-0.4, -0.2) is 17.9 Å². The highest BCUT2D eigenvalue weighted by atomic mass is 19.1. The number of ether oxygens (including phenoxy) is 1. The van der Waals surface area contributed by atoms with Crippen LogP contribution in [0.5, 0.6) is 5.75 Å². The van der Waals surface area contributed by atoms with Gasteiger partial charge in [0.05, 0.1) is 12.7 Å². The molecule has 0 aromatic heterocycles. The third-order valence-corrected chi connectivity index (χ3v) is 2.48. The van der Waals surface area contributed by atoms with E-state index in [-0.39, 0.29) is 11.9 Å². The lowest BCUT2D eigenvalue weighted by Crippen LogP contribution is -2.20. The number of benzene rings is 1. The molecule has 1 fully saturated rings. The molecular weight excluding hydrogens is 183 g/mol. The van der Waals surface area contributed by atoms with Crippen LogP contribution in [0.25, 0.3) is 0 Å². The molecule has 2 nitrogen and oxygen atoms in total. The zero-order valence-electron chi connectivity index (χ0n) is 7.82. The van der Waals surface area contributed by atoms with E-state index in [2.05, 4.69) is 0 Å². The predicted molar refractivity (Wildman–Crippen MR) is 50.9 cm³/mol. The maximum atomic E-state index is 13.1. The second-order valence-corrected chi connectivity index (χ2v) is 3.57. The lowest BCUT2D eigenvalue weighted by Gasteiger charge is -2.25. The van der Waals surface area contributed by atoms with Crippen molar-refractivity contribution in [1.82, 2.24) is 0 Å². The van der Waals surface area contributed by atoms with Crippen LogP contribution in [0.2, 0.25) is 0 Å². The fraction of sp³-hybridized carbons (Fsp3) is 0.455. The Kier molecular flexibility index (Phi) is 2.68. The molecule has 1 aromatic rings. The monoisotopic (exact) mass is 196 g/mol. The Hall–Kier alpha value is -1.09. The highest BCUT2D eigenvalue weighted by Gasteiger charge is 2.23. The Labute approximate surface area is 82.3 Å². The average molecular weight is 196 g/mol. The summed E-state index contributed by atoms with van der Waals surface area (Å²) < 4.78 is 18.5. The number of alkyl halides is 1. The van der Waals surface area contributed by atoms with Crippen molar-refractivity contribution < 1.29 is 14.2 Å². The molecule has 0 saturated carbocycles. The second kappa shape index (κ2) is 3.96. The van der Waals surface area contributed by atoms with Crippen LogP contribution >= 0.6 is 0 Å². The second-order valence-electron chi connectivity index (χ2n) is 3.57. The number of hydrogen-bond donors (Lipinski definition) is 1. The molecular formula is C11H13FO2. The van der Waals surface area contributed by atoms with Gasteiger partial charge < -0.3 is 9.84 Å². The molecule has 76 valence electrons. The summed E-state index contributed by atoms with van der Waals surface area (Å²) in [4.78, 5) is 0. The Morgan fingerprint density at radius 3 is 2.64 bits per heavy atom. The van der Waals surface area contributed by atoms with Gasteiger partial charge in [-0.25, -0.2) is 4.39 Å². The Morgan fingerprint density at radius 1 is 1.29 bits per heavy atom. The van der Waals surface area contributed by atoms with Gasteiger partial charge in [0.15, 0.2) is 0 Å². The summed E-state index contributed by atoms with van der Waals surface area (Å²) in [5.74, 6) is 0.223. The van der Waals surface area contributed by atoms with Gasteiger partial charge in [0.25, 0.3) is 0 Å². The summed E-state index contributed by atoms with van der Waals surface area (Å²) in [6, 6.07) is 6.75. The van der Waals surface area contributed by atoms with Crippen molar-refractivity contribution in [2.24, 2.45) is 0 Å². The summed E-state index contributed by atoms with van der Waals surface area (Å²) in [5.41, 5.74) is 0.935. The van der Waals surface area contributed by atoms with E-state index in [0.29, 0.717) is 19.4 Å². The fourth-order valence-electron chi connectivity index (χ4n) is 1.68. The Balaban J connectivity index is 2.10. The van der Waals surface area contributed by atoms with Crippen molar-refractivity contribution in [3.05, 3.63) is 29.8 Å². The van der Waals surface area contributed by atoms with Crippen LogP contribution in [-0.2, 0) is 4.74 Å². The molecule has 0 spiro atoms. The minimum atomic E-state index is -0.762. The topological polar surface area (TPSA) is 29.5 Å². The van der Waals surface area contributed by atoms with E-state index >= 15 is 0 Å². The number of phenolic OH excluding ortho intramolecular Hbond substituents is 1. The van der Waals surface area contributed by atoms with Gasteiger partial charge in [0, 0.05) is 12.8 Å². The van der Waals surface area contributed by atoms with Gasteiger partial charge in [0.1, 0.15) is 11.9 Å². The van der Waals surface area contributed by atoms with Gasteiger partial charge in [-0.15, -0.1) is 0 Å². The summed E-state index contributed by atoms with van der Waals surface area (Å²) in [5, 5.41) is 9.09. The lowest BCUT2D eigenvalue weighted by molar-refractivity contribution is -0.0193. The third kappa shape index (κ3) is 2.04. The van der Waals surface area contributed by atoms with Crippen LogP contribution in [0.3, 0.4) is 0 Å². The van der Waals surface area contributed by atoms with Crippen molar-refractivity contribution in [2.45, 2.75) is 25.1 Å². The zero-order valence-corrected chi connectivity index (χ0v) is 7.82. The van der Waals surface area contributed by atoms with Crippen molar-refractivity contribution in [1.29, 1.82) is 0 Å². The third-order valence-electron chi connectivity index (χ3n) is 2.48. The van der Waals surface area contributed by atoms with Gasteiger partial charge in [-0.1, -0.05) is 12.1 Å². The van der Waals surface area contributed by atoms with E-state index < -0.39 is 6.17 Å². The van der Waals surface area contributed by atoms with E-state index in [1.165, 1.54) is 0 Å². The van der Waals surface area contributed by atoms with Gasteiger partial charge in [-0.2, -0.15) is 0 Å². The van der Waals surface area contributed by atoms with Crippen molar-refractivity contribution in [2.75, 3.05) is 6.61 Å². The molecule has 2 atom stereocenters. The van der Waals surface area contributed by atoms with Gasteiger partial charge in [-0.05, 0) is 17.7 Å². The minimum Gasteiger partial charge on any atom is -0.508 e. The summed E-state index contributed by atoms with van der Waals surface area (Å²) in [6.07, 6.45) is 0.00113. The normalized spacial score (nSPS) is 27.5. The first kappa shape index (κ1) is 9.46. The molecule has 2 rings (SSSR count). The van der Waals surface area contributed by atoms with Gasteiger partial charge in [0.2, 0.25) is 0 Å². The van der Waals surface area contributed by atoms with Crippen molar-refractivity contribution in [3.8, 4) is 5.75 Å². The standard InChI is InChI=1S/C11H13FO2/c12-9-5-6-14-11(7-9)8-1-3-10(13)4-2-8/h1-4,9,11,13H,5-7H2/t9-,11-/m1/s1. The number of rotatable bonds is 1. The largest absolute Gasteiger partial charge is 0.508 e. The summed E-state index contributed by atoms with van der Waals surface area (Å²) >= 11 is 0. The molecule has 1 saturated heterocycles. The number of aromatic hydroxyl groups is 1. The van der Waals surface area contributed by atoms with Crippen LogP contribution in [0, 0.1) is 0 Å². The first-order valence-electron chi connectivity index (χ1n) is 4.80. The van der Waals surface area contributed by atoms with E-state index in [9.17, 15) is 4.39 Å². The molecule has 0 bridgehead atoms. The summed E-state index contributed by atoms with van der Waals surface area (Å²) in [6.45, 7) is 0.479. The van der Waals surface area contributed by atoms with E-state index in [1.807, 2.05) is 0 Å². The molecule has 14 heavy (non-hydrogen) atoms. The number of hydrogen-bond acceptors (Lipinski definition) is 2. The molecule has 1 heterocycles. The van der Waals surface area contributed by atoms with Crippen molar-refractivity contribution in [3.63, 3.8) is 0 Å². The van der Waals surface area contributed by atoms with Crippen LogP contribution in [0.4, 0.5) is 4.39 Å². The first-order valence-corrected chi connectivity index (χ1v) is 4.80. The number of phenols is 1. The molecule has 1 N–H and O–H groups in total. The van der Waals surface area contributed by atoms with E-state index in [4.69, 9.17) is 9.84 Å². The summed E-state index contributed by atoms with van der Waals surface area (Å²) in [7, 11) is 0. The van der Waals surface area contributed by atoms with E-state index in [1.54, 1.807) is 24.3 Å². The molecule has 1 aliphatic heterocycles. The first-order chi connectivity index (χ1) is 6.75. The van der Waals surface area contributed by atoms with Crippen molar-refractivity contribution >= 4 is 0 Å². The van der Waals surface area contributed by atoms with Crippen LogP contribution < -0.4 is 0 Å². The maximum Gasteiger partial charge on any atom is 0.115 e. The maximum absolute atomic E-state index is 13.1. The fourth-order valence-corrected chi connectivity index (χ4v) is 1.68. The van der Waals surface area contributed by atoms with Gasteiger partial charge >= 0.3 is 0 Å². The smallest absolute Gasteiger partial charge is 0.115 e. The minimum absolute atomic E-state index is 0.153. The molecule has 0 unspecified atom stereocenters. The van der Waals surface area contributed by atoms with E-state index in [0.717, 1.165) is 5.56 Å². The highest BCUT2D eigenvalue weighted by Crippen LogP contribution is 2.30. The highest BCUT2D eigenvalue weighted by molar-refractivity contribution is 5.27. The lowest BCUT2D eigenvalue weighted by atomic mass is 10.0. The molecule has 0 radical (unpaired) electrons. The van der Waals surface area contributed by atoms with Crippen LogP contribution in [0.1, 0.15) is 24.5 Å². The molecule has 0 amide bonds. The molecule has 1 aliphatic rings. The average Bonchev–Trinajstić information content (AvgIpc) is 2.19. The number of halogens is 1. The molecule has 1 aromatic carbocycles.